The maximum Gasteiger partial charge on any atom is 0.472 e. The topological polar surface area (TPSA) is 105 Å². The molecule has 462 valence electrons. The van der Waals surface area contributed by atoms with E-state index in [9.17, 15) is 19.4 Å². The number of rotatable bonds is 64. The molecule has 0 heterocycles. The fourth-order valence-electron chi connectivity index (χ4n) is 10.5. The molecule has 3 atom stereocenters. The van der Waals surface area contributed by atoms with Crippen LogP contribution in [0.3, 0.4) is 0 Å². The zero-order valence-corrected chi connectivity index (χ0v) is 53.8. The van der Waals surface area contributed by atoms with E-state index >= 15 is 0 Å². The van der Waals surface area contributed by atoms with Gasteiger partial charge in [-0.05, 0) is 51.4 Å². The Bertz CT molecular complexity index is 1360. The summed E-state index contributed by atoms with van der Waals surface area (Å²) >= 11 is 0. The molecule has 0 spiro atoms. The number of nitrogens with one attached hydrogen (secondary N) is 1. The van der Waals surface area contributed by atoms with Gasteiger partial charge in [0, 0.05) is 6.42 Å². The van der Waals surface area contributed by atoms with Crippen molar-refractivity contribution in [3.05, 3.63) is 36.5 Å². The molecule has 3 unspecified atom stereocenters. The lowest BCUT2D eigenvalue weighted by atomic mass is 10.0. The van der Waals surface area contributed by atoms with Gasteiger partial charge in [-0.1, -0.05) is 326 Å². The van der Waals surface area contributed by atoms with Crippen molar-refractivity contribution in [1.29, 1.82) is 0 Å². The van der Waals surface area contributed by atoms with E-state index in [0.717, 1.165) is 51.4 Å². The second-order valence-corrected chi connectivity index (χ2v) is 26.4. The van der Waals surface area contributed by atoms with Gasteiger partial charge in [0.1, 0.15) is 13.2 Å². The third-order valence-corrected chi connectivity index (χ3v) is 16.9. The van der Waals surface area contributed by atoms with Crippen molar-refractivity contribution >= 4 is 13.7 Å². The number of likely N-dealkylation sites (N-methyl/N-ethyl adjacent to an activating group) is 1. The smallest absolute Gasteiger partial charge is 0.391 e. The lowest BCUT2D eigenvalue weighted by Gasteiger charge is -2.26. The summed E-state index contributed by atoms with van der Waals surface area (Å²) in [4.78, 5) is 23.4. The van der Waals surface area contributed by atoms with Gasteiger partial charge in [0.2, 0.25) is 5.91 Å². The number of aliphatic hydroxyl groups is 1. The molecule has 1 amide bonds. The molecule has 0 saturated heterocycles. The van der Waals surface area contributed by atoms with Gasteiger partial charge in [0.05, 0.1) is 39.9 Å². The van der Waals surface area contributed by atoms with Crippen LogP contribution in [-0.4, -0.2) is 73.4 Å². The summed E-state index contributed by atoms with van der Waals surface area (Å²) in [6.07, 6.45) is 79.5. The van der Waals surface area contributed by atoms with Gasteiger partial charge < -0.3 is 19.8 Å². The van der Waals surface area contributed by atoms with Crippen LogP contribution in [0.15, 0.2) is 36.5 Å². The Labute approximate surface area is 487 Å². The van der Waals surface area contributed by atoms with Crippen molar-refractivity contribution in [1.82, 2.24) is 5.32 Å². The van der Waals surface area contributed by atoms with Gasteiger partial charge in [-0.25, -0.2) is 4.57 Å². The molecule has 0 rings (SSSR count). The highest BCUT2D eigenvalue weighted by molar-refractivity contribution is 7.47. The van der Waals surface area contributed by atoms with Gasteiger partial charge >= 0.3 is 7.82 Å². The number of aliphatic hydroxyl groups excluding tert-OH is 1. The van der Waals surface area contributed by atoms with Gasteiger partial charge in [-0.3, -0.25) is 13.8 Å². The van der Waals surface area contributed by atoms with E-state index in [1.54, 1.807) is 0 Å². The minimum atomic E-state index is -4.33. The largest absolute Gasteiger partial charge is 0.472 e. The first-order chi connectivity index (χ1) is 38.0. The van der Waals surface area contributed by atoms with Crippen LogP contribution in [-0.2, 0) is 18.4 Å². The van der Waals surface area contributed by atoms with E-state index in [4.69, 9.17) is 9.05 Å². The van der Waals surface area contributed by atoms with Gasteiger partial charge in [-0.2, -0.15) is 0 Å². The Hall–Kier alpha value is -1.28. The van der Waals surface area contributed by atoms with Crippen molar-refractivity contribution in [2.45, 2.75) is 360 Å². The predicted molar refractivity (Wildman–Crippen MR) is 341 cm³/mol. The molecule has 0 aromatic carbocycles. The summed E-state index contributed by atoms with van der Waals surface area (Å²) in [7, 11) is 1.63. The molecule has 0 aliphatic rings. The summed E-state index contributed by atoms with van der Waals surface area (Å²) in [6, 6.07) is -0.761. The number of carbonyl (C=O) groups is 1. The summed E-state index contributed by atoms with van der Waals surface area (Å²) in [5.74, 6) is -0.138. The van der Waals surface area contributed by atoms with E-state index in [1.807, 2.05) is 21.1 Å². The summed E-state index contributed by atoms with van der Waals surface area (Å²) in [5.41, 5.74) is 0. The van der Waals surface area contributed by atoms with Crippen LogP contribution in [0.1, 0.15) is 348 Å². The number of unbranched alkanes of at least 4 members (excludes halogenated alkanes) is 45. The van der Waals surface area contributed by atoms with Crippen LogP contribution < -0.4 is 5.32 Å². The molecular formula is C69H136N2O6P+. The number of hydrogen-bond donors (Lipinski definition) is 3. The molecule has 0 fully saturated rings. The maximum atomic E-state index is 13.1. The number of amides is 1. The zero-order valence-electron chi connectivity index (χ0n) is 52.9. The molecule has 3 N–H and O–H groups in total. The van der Waals surface area contributed by atoms with Crippen LogP contribution in [0.5, 0.6) is 0 Å². The molecule has 0 aliphatic carbocycles. The van der Waals surface area contributed by atoms with Crippen molar-refractivity contribution in [2.75, 3.05) is 40.9 Å². The van der Waals surface area contributed by atoms with Crippen molar-refractivity contribution < 1.29 is 32.9 Å². The third-order valence-electron chi connectivity index (χ3n) is 15.9. The molecule has 0 aromatic heterocycles. The number of nitrogens with zero attached hydrogens (tertiary/aromatic N) is 1. The monoisotopic (exact) mass is 1120 g/mol. The van der Waals surface area contributed by atoms with Gasteiger partial charge in [0.15, 0.2) is 0 Å². The number of hydrogen-bond acceptors (Lipinski definition) is 5. The highest BCUT2D eigenvalue weighted by atomic mass is 31.2. The average molecular weight is 1120 g/mol. The van der Waals surface area contributed by atoms with Crippen molar-refractivity contribution in [3.63, 3.8) is 0 Å². The van der Waals surface area contributed by atoms with Crippen LogP contribution in [0.2, 0.25) is 0 Å². The molecular weight excluding hydrogens is 984 g/mol. The summed E-state index contributed by atoms with van der Waals surface area (Å²) in [5, 5.41) is 14.1. The highest BCUT2D eigenvalue weighted by Gasteiger charge is 2.28. The average Bonchev–Trinajstić information content (AvgIpc) is 3.41. The first-order valence-corrected chi connectivity index (χ1v) is 35.8. The molecule has 0 bridgehead atoms. The van der Waals surface area contributed by atoms with E-state index in [1.165, 1.54) is 270 Å². The van der Waals surface area contributed by atoms with E-state index in [2.05, 4.69) is 55.6 Å². The SMILES string of the molecule is CCCCCCC/C=C\C/C=C\C/C=C\CCCCCCCCCCCCCCCCCCC(=O)NC(COP(=O)(O)OCC[N+](C)(C)C)C(O)CCCCCCCCCCCCCCCCCCCCCCCCCCC. The summed E-state index contributed by atoms with van der Waals surface area (Å²) in [6.45, 7) is 4.93. The number of phosphoric ester groups is 1. The normalized spacial score (nSPS) is 13.9. The Morgan fingerprint density at radius 1 is 0.436 bits per heavy atom. The van der Waals surface area contributed by atoms with Gasteiger partial charge in [0.25, 0.3) is 0 Å². The molecule has 0 aliphatic heterocycles. The molecule has 9 heteroatoms. The first-order valence-electron chi connectivity index (χ1n) is 34.4. The Morgan fingerprint density at radius 3 is 1.06 bits per heavy atom. The van der Waals surface area contributed by atoms with E-state index in [-0.39, 0.29) is 19.1 Å². The third kappa shape index (κ3) is 62.3. The predicted octanol–water partition coefficient (Wildman–Crippen LogP) is 21.7. The first kappa shape index (κ1) is 76.7. The van der Waals surface area contributed by atoms with Crippen molar-refractivity contribution in [2.24, 2.45) is 0 Å². The maximum absolute atomic E-state index is 13.1. The van der Waals surface area contributed by atoms with E-state index < -0.39 is 20.0 Å². The number of carbonyl (C=O) groups excluding carboxylic acids is 1. The van der Waals surface area contributed by atoms with Crippen LogP contribution >= 0.6 is 7.82 Å². The van der Waals surface area contributed by atoms with Gasteiger partial charge in [-0.15, -0.1) is 0 Å². The second-order valence-electron chi connectivity index (χ2n) is 24.9. The minimum absolute atomic E-state index is 0.0762. The standard InChI is InChI=1S/C69H135N2O6P/c1-6-8-10-12-14-16-18-20-22-24-26-28-30-32-33-34-35-36-37-39-41-43-45-47-49-51-53-55-57-59-61-63-69(73)70-67(66-77-78(74,75)76-65-64-71(3,4)5)68(72)62-60-58-56-54-52-50-48-46-44-42-40-38-31-29-27-25-23-21-19-17-15-13-11-9-7-2/h18,20,24,26,30,32,67-68,72H,6-17,19,21-23,25,27-29,31,33-66H2,1-5H3,(H-,70,73,74,75)/p+1/b20-18-,26-24-,32-30-. The molecule has 0 aromatic rings. The quantitative estimate of drug-likeness (QED) is 0.0243. The fraction of sp³-hybridized carbons (Fsp3) is 0.899. The molecule has 0 saturated carbocycles. The number of allylic oxidation sites excluding steroid dienone is 6. The fourth-order valence-corrected chi connectivity index (χ4v) is 11.3. The lowest BCUT2D eigenvalue weighted by molar-refractivity contribution is -0.870. The van der Waals surface area contributed by atoms with Crippen molar-refractivity contribution in [3.8, 4) is 0 Å². The highest BCUT2D eigenvalue weighted by Crippen LogP contribution is 2.43. The second kappa shape index (κ2) is 60.3. The molecule has 78 heavy (non-hydrogen) atoms. The number of quaternary nitrogens is 1. The Balaban J connectivity index is 4.03. The number of phosphoric acid groups is 1. The Morgan fingerprint density at radius 2 is 0.731 bits per heavy atom. The van der Waals surface area contributed by atoms with Crippen LogP contribution in [0.4, 0.5) is 0 Å². The lowest BCUT2D eigenvalue weighted by Crippen LogP contribution is -2.46. The van der Waals surface area contributed by atoms with Crippen LogP contribution in [0, 0.1) is 0 Å². The zero-order chi connectivity index (χ0) is 57.0. The molecule has 8 nitrogen and oxygen atoms in total. The van der Waals surface area contributed by atoms with Crippen LogP contribution in [0.25, 0.3) is 0 Å². The minimum Gasteiger partial charge on any atom is -0.391 e. The molecule has 0 radical (unpaired) electrons. The van der Waals surface area contributed by atoms with E-state index in [0.29, 0.717) is 23.9 Å². The Kier molecular flexibility index (Phi) is 59.3. The summed E-state index contributed by atoms with van der Waals surface area (Å²) < 4.78 is 23.9.